The van der Waals surface area contributed by atoms with Crippen LogP contribution in [0.25, 0.3) is 0 Å². The van der Waals surface area contributed by atoms with Gasteiger partial charge in [-0.1, -0.05) is 24.3 Å². The Labute approximate surface area is 166 Å². The molecule has 4 aliphatic carbocycles. The summed E-state index contributed by atoms with van der Waals surface area (Å²) in [5, 5.41) is 3.35. The molecule has 1 amide bonds. The summed E-state index contributed by atoms with van der Waals surface area (Å²) in [4.78, 5) is 12.6. The van der Waals surface area contributed by atoms with Gasteiger partial charge in [0.1, 0.15) is 17.2 Å². The summed E-state index contributed by atoms with van der Waals surface area (Å²) >= 11 is 0. The molecule has 0 radical (unpaired) electrons. The molecule has 2 aromatic carbocycles. The van der Waals surface area contributed by atoms with Crippen molar-refractivity contribution in [2.45, 2.75) is 44.1 Å². The monoisotopic (exact) mass is 377 g/mol. The minimum absolute atomic E-state index is 0.00340. The quantitative estimate of drug-likeness (QED) is 0.775. The Morgan fingerprint density at radius 2 is 1.46 bits per heavy atom. The van der Waals surface area contributed by atoms with Crippen LogP contribution in [0.4, 0.5) is 0 Å². The fourth-order valence-corrected chi connectivity index (χ4v) is 6.00. The van der Waals surface area contributed by atoms with E-state index in [1.807, 2.05) is 54.6 Å². The van der Waals surface area contributed by atoms with Gasteiger partial charge >= 0.3 is 0 Å². The zero-order valence-corrected chi connectivity index (χ0v) is 16.1. The fourth-order valence-electron chi connectivity index (χ4n) is 6.00. The van der Waals surface area contributed by atoms with Crippen molar-refractivity contribution in [3.63, 3.8) is 0 Å². The Morgan fingerprint density at radius 3 is 2.14 bits per heavy atom. The number of ether oxygens (including phenoxy) is 2. The van der Waals surface area contributed by atoms with Gasteiger partial charge in [-0.2, -0.15) is 0 Å². The minimum Gasteiger partial charge on any atom is -0.484 e. The van der Waals surface area contributed by atoms with E-state index in [1.54, 1.807) is 0 Å². The number of carbonyl (C=O) groups is 1. The maximum Gasteiger partial charge on any atom is 0.258 e. The molecule has 0 unspecified atom stereocenters. The summed E-state index contributed by atoms with van der Waals surface area (Å²) in [6, 6.07) is 17.1. The van der Waals surface area contributed by atoms with Gasteiger partial charge in [0, 0.05) is 11.6 Å². The largest absolute Gasteiger partial charge is 0.484 e. The lowest BCUT2D eigenvalue weighted by Gasteiger charge is -2.56. The second-order valence-electron chi connectivity index (χ2n) is 8.92. The Balaban J connectivity index is 1.18. The van der Waals surface area contributed by atoms with Crippen molar-refractivity contribution in [3.8, 4) is 17.2 Å². The van der Waals surface area contributed by atoms with E-state index in [4.69, 9.17) is 9.47 Å². The van der Waals surface area contributed by atoms with Gasteiger partial charge in [-0.15, -0.1) is 0 Å². The highest BCUT2D eigenvalue weighted by molar-refractivity contribution is 5.78. The second-order valence-corrected chi connectivity index (χ2v) is 8.92. The van der Waals surface area contributed by atoms with Crippen LogP contribution < -0.4 is 14.8 Å². The predicted octanol–water partition coefficient (Wildman–Crippen LogP) is 4.94. The first-order valence-corrected chi connectivity index (χ1v) is 10.4. The van der Waals surface area contributed by atoms with Crippen LogP contribution in [0.5, 0.6) is 17.2 Å². The van der Waals surface area contributed by atoms with E-state index in [2.05, 4.69) is 5.32 Å². The van der Waals surface area contributed by atoms with E-state index in [9.17, 15) is 4.79 Å². The van der Waals surface area contributed by atoms with Crippen molar-refractivity contribution in [1.29, 1.82) is 0 Å². The SMILES string of the molecule is O=C(COc1cccc(Oc2ccccc2)c1)NC12CC3CC(CC(C3)C1)C2. The van der Waals surface area contributed by atoms with Gasteiger partial charge < -0.3 is 14.8 Å². The lowest BCUT2D eigenvalue weighted by atomic mass is 9.53. The van der Waals surface area contributed by atoms with Crippen LogP contribution in [0.2, 0.25) is 0 Å². The van der Waals surface area contributed by atoms with Gasteiger partial charge in [-0.25, -0.2) is 0 Å². The van der Waals surface area contributed by atoms with Crippen LogP contribution in [0.1, 0.15) is 38.5 Å². The van der Waals surface area contributed by atoms with Crippen molar-refractivity contribution < 1.29 is 14.3 Å². The van der Waals surface area contributed by atoms with Crippen molar-refractivity contribution >= 4 is 5.91 Å². The van der Waals surface area contributed by atoms with Crippen LogP contribution in [0.15, 0.2) is 54.6 Å². The summed E-state index contributed by atoms with van der Waals surface area (Å²) < 4.78 is 11.6. The number of rotatable bonds is 6. The molecule has 0 atom stereocenters. The minimum atomic E-state index is -0.00340. The molecule has 4 nitrogen and oxygen atoms in total. The topological polar surface area (TPSA) is 47.6 Å². The third-order valence-corrected chi connectivity index (χ3v) is 6.60. The molecule has 4 aliphatic rings. The van der Waals surface area contributed by atoms with Gasteiger partial charge in [-0.05, 0) is 80.5 Å². The molecule has 6 rings (SSSR count). The Bertz CT molecular complexity index is 813. The zero-order chi connectivity index (χ0) is 19.0. The van der Waals surface area contributed by atoms with Gasteiger partial charge in [0.2, 0.25) is 0 Å². The smallest absolute Gasteiger partial charge is 0.258 e. The summed E-state index contributed by atoms with van der Waals surface area (Å²) in [5.74, 6) is 4.58. The van der Waals surface area contributed by atoms with Crippen molar-refractivity contribution in [1.82, 2.24) is 5.32 Å². The van der Waals surface area contributed by atoms with Crippen molar-refractivity contribution in [2.75, 3.05) is 6.61 Å². The van der Waals surface area contributed by atoms with E-state index in [0.29, 0.717) is 11.5 Å². The number of carbonyl (C=O) groups excluding carboxylic acids is 1. The number of nitrogens with one attached hydrogen (secondary N) is 1. The van der Waals surface area contributed by atoms with Crippen molar-refractivity contribution in [2.24, 2.45) is 17.8 Å². The summed E-state index contributed by atoms with van der Waals surface area (Å²) in [6.07, 6.45) is 7.60. The Kier molecular flexibility index (Phi) is 4.50. The fraction of sp³-hybridized carbons (Fsp3) is 0.458. The molecule has 0 saturated heterocycles. The molecule has 4 saturated carbocycles. The molecule has 2 aromatic rings. The van der Waals surface area contributed by atoms with E-state index in [1.165, 1.54) is 19.3 Å². The maximum absolute atomic E-state index is 12.6. The standard InChI is InChI=1S/C24H27NO3/c26-23(25-24-13-17-9-18(14-24)11-19(10-17)15-24)16-27-21-7-4-8-22(12-21)28-20-5-2-1-3-6-20/h1-8,12,17-19H,9-11,13-16H2,(H,25,26). The molecule has 0 aromatic heterocycles. The molecule has 28 heavy (non-hydrogen) atoms. The maximum atomic E-state index is 12.6. The number of hydrogen-bond acceptors (Lipinski definition) is 3. The normalized spacial score (nSPS) is 30.1. The molecular weight excluding hydrogens is 350 g/mol. The van der Waals surface area contributed by atoms with Gasteiger partial charge in [-0.3, -0.25) is 4.79 Å². The highest BCUT2D eigenvalue weighted by Crippen LogP contribution is 2.55. The number of benzene rings is 2. The van der Waals surface area contributed by atoms with E-state index in [0.717, 1.165) is 42.8 Å². The molecule has 4 fully saturated rings. The first kappa shape index (κ1) is 17.6. The number of amides is 1. The predicted molar refractivity (Wildman–Crippen MR) is 107 cm³/mol. The molecule has 0 aliphatic heterocycles. The Hall–Kier alpha value is -2.49. The molecule has 146 valence electrons. The summed E-state index contributed by atoms with van der Waals surface area (Å²) in [5.41, 5.74) is 0.0352. The molecule has 0 spiro atoms. The number of para-hydroxylation sites is 1. The number of hydrogen-bond donors (Lipinski definition) is 1. The lowest BCUT2D eigenvalue weighted by molar-refractivity contribution is -0.128. The molecule has 4 heteroatoms. The third-order valence-electron chi connectivity index (χ3n) is 6.60. The van der Waals surface area contributed by atoms with Crippen LogP contribution in [0.3, 0.4) is 0 Å². The average molecular weight is 377 g/mol. The average Bonchev–Trinajstić information content (AvgIpc) is 2.66. The molecule has 4 bridgehead atoms. The van der Waals surface area contributed by atoms with Gasteiger partial charge in [0.25, 0.3) is 5.91 Å². The Morgan fingerprint density at radius 1 is 0.857 bits per heavy atom. The van der Waals surface area contributed by atoms with Crippen LogP contribution >= 0.6 is 0 Å². The lowest BCUT2D eigenvalue weighted by Crippen LogP contribution is -2.60. The second kappa shape index (κ2) is 7.16. The summed E-state index contributed by atoms with van der Waals surface area (Å²) in [7, 11) is 0. The first-order chi connectivity index (χ1) is 13.7. The zero-order valence-electron chi connectivity index (χ0n) is 16.1. The highest BCUT2D eigenvalue weighted by Gasteiger charge is 2.51. The van der Waals surface area contributed by atoms with Gasteiger partial charge in [0.15, 0.2) is 6.61 Å². The van der Waals surface area contributed by atoms with E-state index >= 15 is 0 Å². The molecule has 0 heterocycles. The highest BCUT2D eigenvalue weighted by atomic mass is 16.5. The molecular formula is C24H27NO3. The van der Waals surface area contributed by atoms with Gasteiger partial charge in [0.05, 0.1) is 0 Å². The third kappa shape index (κ3) is 3.73. The van der Waals surface area contributed by atoms with Crippen LogP contribution in [-0.4, -0.2) is 18.1 Å². The van der Waals surface area contributed by atoms with E-state index < -0.39 is 0 Å². The van der Waals surface area contributed by atoms with Crippen LogP contribution in [-0.2, 0) is 4.79 Å². The van der Waals surface area contributed by atoms with Crippen LogP contribution in [0, 0.1) is 17.8 Å². The molecule has 1 N–H and O–H groups in total. The summed E-state index contributed by atoms with van der Waals surface area (Å²) in [6.45, 7) is 0.0521. The van der Waals surface area contributed by atoms with E-state index in [-0.39, 0.29) is 18.1 Å². The van der Waals surface area contributed by atoms with Crippen molar-refractivity contribution in [3.05, 3.63) is 54.6 Å². The first-order valence-electron chi connectivity index (χ1n) is 10.4.